The number of carbonyl (C=O) groups is 1. The highest BCUT2D eigenvalue weighted by atomic mass is 35.5. The fourth-order valence-electron chi connectivity index (χ4n) is 2.89. The van der Waals surface area contributed by atoms with E-state index >= 15 is 0 Å². The van der Waals surface area contributed by atoms with Crippen LogP contribution in [0.25, 0.3) is 11.4 Å². The zero-order chi connectivity index (χ0) is 18.6. The summed E-state index contributed by atoms with van der Waals surface area (Å²) in [6.45, 7) is 2.25. The zero-order valence-corrected chi connectivity index (χ0v) is 16.2. The van der Waals surface area contributed by atoms with Crippen LogP contribution >= 0.6 is 11.6 Å². The quantitative estimate of drug-likeness (QED) is 0.330. The molecule has 0 aliphatic carbocycles. The first-order valence-corrected chi connectivity index (χ1v) is 9.85. The highest BCUT2D eigenvalue weighted by Crippen LogP contribution is 2.19. The third kappa shape index (κ3) is 7.52. The Morgan fingerprint density at radius 2 is 1.50 bits per heavy atom. The molecule has 0 amide bonds. The maximum absolute atomic E-state index is 10.7. The Labute approximate surface area is 161 Å². The Morgan fingerprint density at radius 1 is 0.923 bits per heavy atom. The lowest BCUT2D eigenvalue weighted by atomic mass is 10.0. The average molecular weight is 375 g/mol. The van der Waals surface area contributed by atoms with Gasteiger partial charge in [0.05, 0.1) is 12.4 Å². The molecule has 26 heavy (non-hydrogen) atoms. The largest absolute Gasteiger partial charge is 0.411 e. The van der Waals surface area contributed by atoms with E-state index in [9.17, 15) is 4.79 Å². The van der Waals surface area contributed by atoms with E-state index in [0.29, 0.717) is 5.82 Å². The lowest BCUT2D eigenvalue weighted by Gasteiger charge is -2.05. The van der Waals surface area contributed by atoms with Crippen molar-refractivity contribution >= 4 is 17.0 Å². The van der Waals surface area contributed by atoms with Crippen molar-refractivity contribution in [3.05, 3.63) is 42.2 Å². The van der Waals surface area contributed by atoms with Crippen molar-refractivity contribution in [2.45, 2.75) is 64.7 Å². The van der Waals surface area contributed by atoms with Crippen molar-refractivity contribution in [1.82, 2.24) is 9.97 Å². The van der Waals surface area contributed by atoms with E-state index < -0.39 is 5.43 Å². The number of ether oxygens (including phenoxy) is 1. The topological polar surface area (TPSA) is 52.1 Å². The van der Waals surface area contributed by atoms with Gasteiger partial charge in [0.1, 0.15) is 0 Å². The number of hydrogen-bond donors (Lipinski definition) is 0. The third-order valence-electron chi connectivity index (χ3n) is 4.36. The van der Waals surface area contributed by atoms with E-state index in [-0.39, 0.29) is 5.75 Å². The minimum absolute atomic E-state index is 0.236. The van der Waals surface area contributed by atoms with Crippen LogP contribution in [0.15, 0.2) is 36.7 Å². The van der Waals surface area contributed by atoms with Crippen LogP contribution in [-0.4, -0.2) is 15.4 Å². The third-order valence-corrected chi connectivity index (χ3v) is 4.43. The predicted molar refractivity (Wildman–Crippen MR) is 106 cm³/mol. The minimum Gasteiger partial charge on any atom is -0.411 e. The lowest BCUT2D eigenvalue weighted by molar-refractivity contribution is 0.225. The molecule has 0 atom stereocenters. The number of halogens is 1. The molecule has 0 saturated carbocycles. The van der Waals surface area contributed by atoms with Gasteiger partial charge in [-0.1, -0.05) is 76.1 Å². The summed E-state index contributed by atoms with van der Waals surface area (Å²) >= 11 is 5.16. The molecule has 0 unspecified atom stereocenters. The fraction of sp³-hybridized carbons (Fsp3) is 0.476. The Bertz CT molecular complexity index is 657. The van der Waals surface area contributed by atoms with Crippen molar-refractivity contribution in [3.63, 3.8) is 0 Å². The molecule has 1 aromatic heterocycles. The van der Waals surface area contributed by atoms with Gasteiger partial charge in [-0.3, -0.25) is 0 Å². The highest BCUT2D eigenvalue weighted by Gasteiger charge is 2.05. The first-order valence-electron chi connectivity index (χ1n) is 9.47. The van der Waals surface area contributed by atoms with E-state index in [1.807, 2.05) is 12.1 Å². The summed E-state index contributed by atoms with van der Waals surface area (Å²) < 4.78 is 4.72. The summed E-state index contributed by atoms with van der Waals surface area (Å²) in [6, 6.07) is 8.32. The monoisotopic (exact) mass is 374 g/mol. The standard InChI is InChI=1S/C21H27ClN2O2/c1-2-3-4-5-6-7-8-9-10-17-11-13-18(14-12-17)20-23-15-19(16-24-20)26-21(22)25/h11-16H,2-10H2,1H3. The smallest absolute Gasteiger partial charge is 0.409 e. The molecule has 0 bridgehead atoms. The lowest BCUT2D eigenvalue weighted by Crippen LogP contribution is -1.98. The molecule has 140 valence electrons. The van der Waals surface area contributed by atoms with Gasteiger partial charge in [-0.15, -0.1) is 0 Å². The first kappa shape index (κ1) is 20.4. The van der Waals surface area contributed by atoms with E-state index in [2.05, 4.69) is 29.0 Å². The van der Waals surface area contributed by atoms with Crippen LogP contribution in [0, 0.1) is 0 Å². The number of hydrogen-bond acceptors (Lipinski definition) is 4. The summed E-state index contributed by atoms with van der Waals surface area (Å²) in [4.78, 5) is 19.1. The molecular weight excluding hydrogens is 348 g/mol. The van der Waals surface area contributed by atoms with Gasteiger partial charge in [-0.05, 0) is 18.4 Å². The van der Waals surface area contributed by atoms with Crippen LogP contribution in [0.3, 0.4) is 0 Å². The fourth-order valence-corrected chi connectivity index (χ4v) is 2.98. The number of carbonyl (C=O) groups excluding carboxylic acids is 1. The van der Waals surface area contributed by atoms with Gasteiger partial charge in [0.2, 0.25) is 0 Å². The van der Waals surface area contributed by atoms with Gasteiger partial charge < -0.3 is 4.74 Å². The molecule has 1 aromatic carbocycles. The molecule has 2 aromatic rings. The summed E-state index contributed by atoms with van der Waals surface area (Å²) in [5, 5.41) is 0. The number of aromatic nitrogens is 2. The molecule has 0 fully saturated rings. The second-order valence-corrected chi connectivity index (χ2v) is 6.81. The maximum atomic E-state index is 10.7. The van der Waals surface area contributed by atoms with Crippen LogP contribution in [0.4, 0.5) is 4.79 Å². The van der Waals surface area contributed by atoms with Gasteiger partial charge in [0, 0.05) is 17.2 Å². The molecule has 5 heteroatoms. The summed E-state index contributed by atoms with van der Waals surface area (Å²) in [5.74, 6) is 0.832. The van der Waals surface area contributed by atoms with Crippen LogP contribution < -0.4 is 4.74 Å². The molecule has 0 aliphatic heterocycles. The number of aryl methyl sites for hydroxylation is 1. The Kier molecular flexibility index (Phi) is 9.11. The van der Waals surface area contributed by atoms with Crippen molar-refractivity contribution < 1.29 is 9.53 Å². The van der Waals surface area contributed by atoms with E-state index in [0.717, 1.165) is 12.0 Å². The number of benzene rings is 1. The molecule has 0 radical (unpaired) electrons. The van der Waals surface area contributed by atoms with Crippen LogP contribution in [-0.2, 0) is 6.42 Å². The predicted octanol–water partition coefficient (Wildman–Crippen LogP) is 6.56. The normalized spacial score (nSPS) is 10.7. The van der Waals surface area contributed by atoms with Crippen LogP contribution in [0.1, 0.15) is 63.9 Å². The summed E-state index contributed by atoms with van der Waals surface area (Å²) in [6.07, 6.45) is 14.7. The molecule has 0 saturated heterocycles. The SMILES string of the molecule is CCCCCCCCCCc1ccc(-c2ncc(OC(=O)Cl)cn2)cc1. The highest BCUT2D eigenvalue weighted by molar-refractivity contribution is 6.61. The van der Waals surface area contributed by atoms with E-state index in [1.54, 1.807) is 0 Å². The van der Waals surface area contributed by atoms with Gasteiger partial charge in [-0.25, -0.2) is 14.8 Å². The molecule has 4 nitrogen and oxygen atoms in total. The van der Waals surface area contributed by atoms with Crippen molar-refractivity contribution in [2.24, 2.45) is 0 Å². The number of nitrogens with zero attached hydrogens (tertiary/aromatic N) is 2. The zero-order valence-electron chi connectivity index (χ0n) is 15.4. The number of rotatable bonds is 11. The van der Waals surface area contributed by atoms with Gasteiger partial charge in [0.15, 0.2) is 11.6 Å². The summed E-state index contributed by atoms with van der Waals surface area (Å²) in [7, 11) is 0. The number of unbranched alkanes of at least 4 members (excludes halogenated alkanes) is 7. The van der Waals surface area contributed by atoms with Gasteiger partial charge in [0.25, 0.3) is 0 Å². The molecule has 0 spiro atoms. The second-order valence-electron chi connectivity index (χ2n) is 6.50. The van der Waals surface area contributed by atoms with Gasteiger partial charge in [-0.2, -0.15) is 0 Å². The second kappa shape index (κ2) is 11.6. The Balaban J connectivity index is 1.73. The molecule has 2 rings (SSSR count). The minimum atomic E-state index is -0.897. The van der Waals surface area contributed by atoms with Crippen molar-refractivity contribution in [1.29, 1.82) is 0 Å². The van der Waals surface area contributed by atoms with Crippen molar-refractivity contribution in [2.75, 3.05) is 0 Å². The van der Waals surface area contributed by atoms with Crippen LogP contribution in [0.2, 0.25) is 0 Å². The Hall–Kier alpha value is -1.94. The van der Waals surface area contributed by atoms with E-state index in [1.165, 1.54) is 69.3 Å². The molecule has 1 heterocycles. The Morgan fingerprint density at radius 3 is 2.08 bits per heavy atom. The average Bonchev–Trinajstić information content (AvgIpc) is 2.65. The first-order chi connectivity index (χ1) is 12.7. The van der Waals surface area contributed by atoms with Gasteiger partial charge >= 0.3 is 5.43 Å². The molecule has 0 aliphatic rings. The van der Waals surface area contributed by atoms with Crippen molar-refractivity contribution in [3.8, 4) is 17.1 Å². The van der Waals surface area contributed by atoms with E-state index in [4.69, 9.17) is 16.3 Å². The molecule has 0 N–H and O–H groups in total. The maximum Gasteiger partial charge on any atom is 0.409 e. The van der Waals surface area contributed by atoms with Crippen LogP contribution in [0.5, 0.6) is 5.75 Å². The molecular formula is C21H27ClN2O2. The summed E-state index contributed by atoms with van der Waals surface area (Å²) in [5.41, 5.74) is 1.38.